The maximum absolute atomic E-state index is 5.87. The van der Waals surface area contributed by atoms with Gasteiger partial charge in [0.15, 0.2) is 0 Å². The molecule has 0 aliphatic heterocycles. The average molecular weight is 200 g/mol. The number of nitrogens with two attached hydrogens (primary N) is 1. The third kappa shape index (κ3) is 3.28. The molecular formula is C8H16N4S. The van der Waals surface area contributed by atoms with Crippen LogP contribution < -0.4 is 11.1 Å². The van der Waals surface area contributed by atoms with Crippen molar-refractivity contribution in [3.05, 3.63) is 5.01 Å². The van der Waals surface area contributed by atoms with Crippen molar-refractivity contribution in [2.45, 2.75) is 26.8 Å². The van der Waals surface area contributed by atoms with Crippen molar-refractivity contribution >= 4 is 16.5 Å². The molecule has 0 aliphatic carbocycles. The first-order valence-electron chi connectivity index (χ1n) is 4.39. The third-order valence-corrected chi connectivity index (χ3v) is 2.67. The van der Waals surface area contributed by atoms with Crippen molar-refractivity contribution in [3.8, 4) is 0 Å². The highest BCUT2D eigenvalue weighted by molar-refractivity contribution is 7.15. The molecule has 13 heavy (non-hydrogen) atoms. The quantitative estimate of drug-likeness (QED) is 0.767. The molecule has 0 aromatic carbocycles. The van der Waals surface area contributed by atoms with Gasteiger partial charge in [0.1, 0.15) is 5.01 Å². The molecule has 0 saturated carbocycles. The van der Waals surface area contributed by atoms with Crippen LogP contribution in [0, 0.1) is 12.8 Å². The van der Waals surface area contributed by atoms with Crippen LogP contribution in [-0.4, -0.2) is 22.8 Å². The molecule has 1 atom stereocenters. The number of anilines is 1. The van der Waals surface area contributed by atoms with E-state index in [4.69, 9.17) is 5.73 Å². The smallest absolute Gasteiger partial charge is 0.205 e. The van der Waals surface area contributed by atoms with Crippen LogP contribution in [0.25, 0.3) is 0 Å². The van der Waals surface area contributed by atoms with E-state index in [2.05, 4.69) is 29.4 Å². The summed E-state index contributed by atoms with van der Waals surface area (Å²) in [6.45, 7) is 6.91. The number of aryl methyl sites for hydroxylation is 1. The Kier molecular flexibility index (Phi) is 3.62. The lowest BCUT2D eigenvalue weighted by atomic mass is 10.1. The molecule has 74 valence electrons. The monoisotopic (exact) mass is 200 g/mol. The number of rotatable bonds is 4. The first-order valence-corrected chi connectivity index (χ1v) is 5.21. The SMILES string of the molecule is Cc1nnc(NCC(N)C(C)C)s1. The largest absolute Gasteiger partial charge is 0.359 e. The Labute approximate surface area is 82.6 Å². The van der Waals surface area contributed by atoms with Gasteiger partial charge in [-0.15, -0.1) is 10.2 Å². The first-order chi connectivity index (χ1) is 6.09. The van der Waals surface area contributed by atoms with Gasteiger partial charge in [-0.3, -0.25) is 0 Å². The fraction of sp³-hybridized carbons (Fsp3) is 0.750. The summed E-state index contributed by atoms with van der Waals surface area (Å²) in [5.41, 5.74) is 5.87. The van der Waals surface area contributed by atoms with E-state index in [0.717, 1.165) is 16.7 Å². The van der Waals surface area contributed by atoms with Gasteiger partial charge >= 0.3 is 0 Å². The predicted octanol–water partition coefficient (Wildman–Crippen LogP) is 1.24. The molecule has 0 bridgehead atoms. The van der Waals surface area contributed by atoms with Crippen molar-refractivity contribution in [1.29, 1.82) is 0 Å². The predicted molar refractivity (Wildman–Crippen MR) is 55.9 cm³/mol. The van der Waals surface area contributed by atoms with Gasteiger partial charge in [0.2, 0.25) is 5.13 Å². The van der Waals surface area contributed by atoms with Crippen LogP contribution in [0.3, 0.4) is 0 Å². The standard InChI is InChI=1S/C8H16N4S/c1-5(2)7(9)4-10-8-12-11-6(3)13-8/h5,7H,4,9H2,1-3H3,(H,10,12). The molecule has 0 radical (unpaired) electrons. The van der Waals surface area contributed by atoms with E-state index in [1.54, 1.807) is 11.3 Å². The Morgan fingerprint density at radius 1 is 1.46 bits per heavy atom. The summed E-state index contributed by atoms with van der Waals surface area (Å²) in [7, 11) is 0. The molecule has 5 heteroatoms. The summed E-state index contributed by atoms with van der Waals surface area (Å²) < 4.78 is 0. The van der Waals surface area contributed by atoms with Crippen molar-refractivity contribution in [2.75, 3.05) is 11.9 Å². The lowest BCUT2D eigenvalue weighted by molar-refractivity contribution is 0.511. The second-order valence-electron chi connectivity index (χ2n) is 3.42. The van der Waals surface area contributed by atoms with E-state index in [0.29, 0.717) is 5.92 Å². The number of hydrogen-bond acceptors (Lipinski definition) is 5. The fourth-order valence-corrected chi connectivity index (χ4v) is 1.41. The molecule has 1 rings (SSSR count). The lowest BCUT2D eigenvalue weighted by Crippen LogP contribution is -2.33. The number of hydrogen-bond donors (Lipinski definition) is 2. The molecule has 0 amide bonds. The van der Waals surface area contributed by atoms with Crippen LogP contribution in [0.1, 0.15) is 18.9 Å². The van der Waals surface area contributed by atoms with Gasteiger partial charge in [-0.2, -0.15) is 0 Å². The second kappa shape index (κ2) is 4.53. The van der Waals surface area contributed by atoms with E-state index in [1.165, 1.54) is 0 Å². The Morgan fingerprint density at radius 3 is 2.62 bits per heavy atom. The number of nitrogens with one attached hydrogen (secondary N) is 1. The van der Waals surface area contributed by atoms with Gasteiger partial charge < -0.3 is 11.1 Å². The maximum Gasteiger partial charge on any atom is 0.205 e. The minimum Gasteiger partial charge on any atom is -0.359 e. The summed E-state index contributed by atoms with van der Waals surface area (Å²) in [5.74, 6) is 0.488. The average Bonchev–Trinajstić information content (AvgIpc) is 2.47. The zero-order valence-electron chi connectivity index (χ0n) is 8.24. The summed E-state index contributed by atoms with van der Waals surface area (Å²) in [6.07, 6.45) is 0. The molecule has 0 spiro atoms. The topological polar surface area (TPSA) is 63.8 Å². The van der Waals surface area contributed by atoms with Crippen molar-refractivity contribution < 1.29 is 0 Å². The molecule has 0 saturated heterocycles. The van der Waals surface area contributed by atoms with Crippen molar-refractivity contribution in [3.63, 3.8) is 0 Å². The Balaban J connectivity index is 2.35. The Morgan fingerprint density at radius 2 is 2.15 bits per heavy atom. The normalized spacial score (nSPS) is 13.3. The highest BCUT2D eigenvalue weighted by Gasteiger charge is 2.07. The lowest BCUT2D eigenvalue weighted by Gasteiger charge is -2.15. The zero-order valence-corrected chi connectivity index (χ0v) is 9.06. The Hall–Kier alpha value is -0.680. The molecule has 4 nitrogen and oxygen atoms in total. The molecule has 0 aliphatic rings. The summed E-state index contributed by atoms with van der Waals surface area (Å²) in [4.78, 5) is 0. The molecule has 1 unspecified atom stereocenters. The molecule has 1 aromatic heterocycles. The van der Waals surface area contributed by atoms with Gasteiger partial charge in [0.05, 0.1) is 0 Å². The van der Waals surface area contributed by atoms with E-state index in [1.807, 2.05) is 6.92 Å². The molecule has 1 heterocycles. The van der Waals surface area contributed by atoms with Crippen molar-refractivity contribution in [1.82, 2.24) is 10.2 Å². The van der Waals surface area contributed by atoms with Crippen LogP contribution in [0.5, 0.6) is 0 Å². The first kappa shape index (κ1) is 10.4. The van der Waals surface area contributed by atoms with Crippen LogP contribution in [0.15, 0.2) is 0 Å². The van der Waals surface area contributed by atoms with Gasteiger partial charge in [0, 0.05) is 12.6 Å². The Bertz CT molecular complexity index is 258. The minimum atomic E-state index is 0.171. The molecule has 3 N–H and O–H groups in total. The highest BCUT2D eigenvalue weighted by Crippen LogP contribution is 2.13. The van der Waals surface area contributed by atoms with Crippen LogP contribution in [0.4, 0.5) is 5.13 Å². The summed E-state index contributed by atoms with van der Waals surface area (Å²) >= 11 is 1.55. The number of aromatic nitrogens is 2. The zero-order chi connectivity index (χ0) is 9.84. The third-order valence-electron chi connectivity index (χ3n) is 1.87. The van der Waals surface area contributed by atoms with Crippen LogP contribution >= 0.6 is 11.3 Å². The van der Waals surface area contributed by atoms with Gasteiger partial charge in [0.25, 0.3) is 0 Å². The van der Waals surface area contributed by atoms with Gasteiger partial charge in [-0.1, -0.05) is 25.2 Å². The number of nitrogens with zero attached hydrogens (tertiary/aromatic N) is 2. The maximum atomic E-state index is 5.87. The summed E-state index contributed by atoms with van der Waals surface area (Å²) in [5, 5.41) is 12.8. The van der Waals surface area contributed by atoms with E-state index < -0.39 is 0 Å². The second-order valence-corrected chi connectivity index (χ2v) is 4.60. The highest BCUT2D eigenvalue weighted by atomic mass is 32.1. The van der Waals surface area contributed by atoms with Crippen molar-refractivity contribution in [2.24, 2.45) is 11.7 Å². The minimum absolute atomic E-state index is 0.171. The van der Waals surface area contributed by atoms with Crippen LogP contribution in [0.2, 0.25) is 0 Å². The van der Waals surface area contributed by atoms with Gasteiger partial charge in [-0.05, 0) is 12.8 Å². The van der Waals surface area contributed by atoms with E-state index >= 15 is 0 Å². The molecular weight excluding hydrogens is 184 g/mol. The fourth-order valence-electron chi connectivity index (χ4n) is 0.809. The van der Waals surface area contributed by atoms with E-state index in [-0.39, 0.29) is 6.04 Å². The van der Waals surface area contributed by atoms with Crippen LogP contribution in [-0.2, 0) is 0 Å². The van der Waals surface area contributed by atoms with Gasteiger partial charge in [-0.25, -0.2) is 0 Å². The summed E-state index contributed by atoms with van der Waals surface area (Å²) in [6, 6.07) is 0.171. The molecule has 1 aromatic rings. The molecule has 0 fully saturated rings. The van der Waals surface area contributed by atoms with E-state index in [9.17, 15) is 0 Å².